The molecular formula is C23H30Cl2N2O2. The van der Waals surface area contributed by atoms with Gasteiger partial charge in [0.2, 0.25) is 0 Å². The molecule has 2 heterocycles. The number of halogens is 2. The van der Waals surface area contributed by atoms with Crippen LogP contribution in [0.15, 0.2) is 52.9 Å². The minimum absolute atomic E-state index is 0. The van der Waals surface area contributed by atoms with Crippen molar-refractivity contribution in [3.8, 4) is 5.75 Å². The van der Waals surface area contributed by atoms with Gasteiger partial charge in [0, 0.05) is 37.0 Å². The first-order chi connectivity index (χ1) is 13.1. The average Bonchev–Trinajstić information content (AvgIpc) is 2.95. The van der Waals surface area contributed by atoms with Crippen LogP contribution in [0.1, 0.15) is 29.6 Å². The predicted molar refractivity (Wildman–Crippen MR) is 124 cm³/mol. The van der Waals surface area contributed by atoms with Crippen LogP contribution in [0.4, 0.5) is 0 Å². The van der Waals surface area contributed by atoms with E-state index in [1.807, 2.05) is 6.92 Å². The van der Waals surface area contributed by atoms with E-state index in [-0.39, 0.29) is 30.9 Å². The van der Waals surface area contributed by atoms with Crippen LogP contribution in [0, 0.1) is 6.92 Å². The van der Waals surface area contributed by atoms with Crippen LogP contribution in [-0.2, 0) is 6.54 Å². The third-order valence-electron chi connectivity index (χ3n) is 5.27. The number of ether oxygens (including phenoxy) is 1. The highest BCUT2D eigenvalue weighted by atomic mass is 35.5. The molecule has 6 heteroatoms. The van der Waals surface area contributed by atoms with Gasteiger partial charge in [-0.1, -0.05) is 36.4 Å². The Hall–Kier alpha value is -1.72. The Kier molecular flexibility index (Phi) is 8.41. The Bertz CT molecular complexity index is 921. The normalized spacial score (nSPS) is 16.6. The highest BCUT2D eigenvalue weighted by Gasteiger charge is 2.27. The van der Waals surface area contributed by atoms with E-state index in [4.69, 9.17) is 9.15 Å². The van der Waals surface area contributed by atoms with E-state index < -0.39 is 0 Å². The molecule has 4 rings (SSSR count). The zero-order valence-electron chi connectivity index (χ0n) is 17.3. The largest absolute Gasteiger partial charge is 0.485 e. The molecule has 0 aliphatic carbocycles. The molecule has 0 N–H and O–H groups in total. The lowest BCUT2D eigenvalue weighted by molar-refractivity contribution is 0.169. The van der Waals surface area contributed by atoms with Gasteiger partial charge in [-0.2, -0.15) is 0 Å². The smallest absolute Gasteiger partial charge is 0.128 e. The van der Waals surface area contributed by atoms with Crippen LogP contribution in [0.5, 0.6) is 5.75 Å². The Morgan fingerprint density at radius 3 is 2.66 bits per heavy atom. The van der Waals surface area contributed by atoms with E-state index in [1.165, 1.54) is 10.9 Å². The van der Waals surface area contributed by atoms with Gasteiger partial charge in [-0.25, -0.2) is 0 Å². The standard InChI is InChI=1S/C23H28N2O2.2ClH/c1-17-15-20-22(11-12-25(14-13-24(2)3)16-23(20)26-17)27-21-10-6-8-18-7-4-5-9-19(18)21;;/h4-10,15,22H,11-14,16H2,1-3H3;2*1H. The van der Waals surface area contributed by atoms with Gasteiger partial charge in [0.15, 0.2) is 0 Å². The van der Waals surface area contributed by atoms with E-state index >= 15 is 0 Å². The van der Waals surface area contributed by atoms with E-state index in [1.54, 1.807) is 0 Å². The maximum Gasteiger partial charge on any atom is 0.128 e. The predicted octanol–water partition coefficient (Wildman–Crippen LogP) is 5.47. The molecule has 2 aromatic carbocycles. The molecule has 0 radical (unpaired) electrons. The van der Waals surface area contributed by atoms with Gasteiger partial charge >= 0.3 is 0 Å². The summed E-state index contributed by atoms with van der Waals surface area (Å²) in [6.45, 7) is 5.96. The molecule has 1 aliphatic heterocycles. The van der Waals surface area contributed by atoms with Crippen molar-refractivity contribution < 1.29 is 9.15 Å². The van der Waals surface area contributed by atoms with E-state index in [2.05, 4.69) is 72.4 Å². The summed E-state index contributed by atoms with van der Waals surface area (Å²) in [5, 5.41) is 2.37. The molecule has 1 unspecified atom stereocenters. The SMILES string of the molecule is Cc1cc2c(o1)CN(CCN(C)C)CCC2Oc1cccc2ccccc12.Cl.Cl. The first-order valence-corrected chi connectivity index (χ1v) is 9.71. The van der Waals surface area contributed by atoms with Gasteiger partial charge in [0.25, 0.3) is 0 Å². The number of likely N-dealkylation sites (N-methyl/N-ethyl adjacent to an activating group) is 1. The molecule has 158 valence electrons. The third-order valence-corrected chi connectivity index (χ3v) is 5.27. The summed E-state index contributed by atoms with van der Waals surface area (Å²) < 4.78 is 12.6. The first-order valence-electron chi connectivity index (χ1n) is 9.71. The van der Waals surface area contributed by atoms with Crippen LogP contribution in [0.25, 0.3) is 10.8 Å². The van der Waals surface area contributed by atoms with Crippen molar-refractivity contribution in [3.05, 3.63) is 65.6 Å². The fraction of sp³-hybridized carbons (Fsp3) is 0.391. The van der Waals surface area contributed by atoms with Gasteiger partial charge in [-0.3, -0.25) is 4.90 Å². The van der Waals surface area contributed by atoms with E-state index in [9.17, 15) is 0 Å². The topological polar surface area (TPSA) is 28.9 Å². The molecule has 0 bridgehead atoms. The van der Waals surface area contributed by atoms with Crippen molar-refractivity contribution in [2.45, 2.75) is 26.0 Å². The number of benzene rings is 2. The Morgan fingerprint density at radius 2 is 1.86 bits per heavy atom. The second-order valence-corrected chi connectivity index (χ2v) is 7.69. The van der Waals surface area contributed by atoms with Crippen LogP contribution in [0.3, 0.4) is 0 Å². The number of fused-ring (bicyclic) bond motifs is 2. The molecule has 1 aromatic heterocycles. The molecule has 0 saturated heterocycles. The molecular weight excluding hydrogens is 407 g/mol. The minimum atomic E-state index is 0. The lowest BCUT2D eigenvalue weighted by atomic mass is 10.1. The molecule has 1 atom stereocenters. The minimum Gasteiger partial charge on any atom is -0.485 e. The van der Waals surface area contributed by atoms with E-state index in [0.29, 0.717) is 0 Å². The molecule has 1 aliphatic rings. The monoisotopic (exact) mass is 436 g/mol. The van der Waals surface area contributed by atoms with Gasteiger partial charge in [-0.15, -0.1) is 24.8 Å². The van der Waals surface area contributed by atoms with Crippen molar-refractivity contribution in [1.82, 2.24) is 9.80 Å². The van der Waals surface area contributed by atoms with Crippen molar-refractivity contribution >= 4 is 35.6 Å². The second-order valence-electron chi connectivity index (χ2n) is 7.69. The van der Waals surface area contributed by atoms with Crippen LogP contribution in [0.2, 0.25) is 0 Å². The highest BCUT2D eigenvalue weighted by molar-refractivity contribution is 5.88. The van der Waals surface area contributed by atoms with Gasteiger partial charge < -0.3 is 14.1 Å². The lowest BCUT2D eigenvalue weighted by Crippen LogP contribution is -2.31. The summed E-state index contributed by atoms with van der Waals surface area (Å²) in [6.07, 6.45) is 0.982. The summed E-state index contributed by atoms with van der Waals surface area (Å²) >= 11 is 0. The van der Waals surface area contributed by atoms with E-state index in [0.717, 1.165) is 55.3 Å². The maximum absolute atomic E-state index is 6.57. The van der Waals surface area contributed by atoms with Crippen molar-refractivity contribution in [3.63, 3.8) is 0 Å². The van der Waals surface area contributed by atoms with Gasteiger partial charge in [-0.05, 0) is 38.5 Å². The molecule has 4 nitrogen and oxygen atoms in total. The summed E-state index contributed by atoms with van der Waals surface area (Å²) in [5.74, 6) is 2.96. The Balaban J connectivity index is 0.00000150. The number of nitrogens with zero attached hydrogens (tertiary/aromatic N) is 2. The number of hydrogen-bond acceptors (Lipinski definition) is 4. The van der Waals surface area contributed by atoms with Crippen molar-refractivity contribution in [1.29, 1.82) is 0 Å². The van der Waals surface area contributed by atoms with Crippen molar-refractivity contribution in [2.75, 3.05) is 33.7 Å². The van der Waals surface area contributed by atoms with Crippen LogP contribution in [-0.4, -0.2) is 43.5 Å². The van der Waals surface area contributed by atoms with Crippen molar-refractivity contribution in [2.24, 2.45) is 0 Å². The number of aryl methyl sites for hydroxylation is 1. The molecule has 0 amide bonds. The Labute approximate surface area is 185 Å². The summed E-state index contributed by atoms with van der Waals surface area (Å²) in [6, 6.07) is 16.8. The zero-order valence-corrected chi connectivity index (χ0v) is 18.9. The Morgan fingerprint density at radius 1 is 1.10 bits per heavy atom. The lowest BCUT2D eigenvalue weighted by Gasteiger charge is -2.22. The van der Waals surface area contributed by atoms with Crippen LogP contribution < -0.4 is 4.74 Å². The maximum atomic E-state index is 6.57. The molecule has 0 spiro atoms. The average molecular weight is 437 g/mol. The third kappa shape index (κ3) is 5.46. The highest BCUT2D eigenvalue weighted by Crippen LogP contribution is 2.35. The second kappa shape index (κ2) is 10.4. The molecule has 0 saturated carbocycles. The fourth-order valence-corrected chi connectivity index (χ4v) is 3.82. The van der Waals surface area contributed by atoms with Crippen LogP contribution >= 0.6 is 24.8 Å². The summed E-state index contributed by atoms with van der Waals surface area (Å²) in [4.78, 5) is 4.69. The first kappa shape index (κ1) is 23.6. The molecule has 0 fully saturated rings. The van der Waals surface area contributed by atoms with Gasteiger partial charge in [0.05, 0.1) is 6.54 Å². The summed E-state index contributed by atoms with van der Waals surface area (Å²) in [7, 11) is 4.24. The number of furan rings is 1. The van der Waals surface area contributed by atoms with Gasteiger partial charge in [0.1, 0.15) is 23.4 Å². The number of hydrogen-bond donors (Lipinski definition) is 0. The zero-order chi connectivity index (χ0) is 18.8. The number of rotatable bonds is 5. The quantitative estimate of drug-likeness (QED) is 0.529. The summed E-state index contributed by atoms with van der Waals surface area (Å²) in [5.41, 5.74) is 1.20. The fourth-order valence-electron chi connectivity index (χ4n) is 3.82. The molecule has 3 aromatic rings. The molecule has 29 heavy (non-hydrogen) atoms.